The number of hydrogen-bond donors (Lipinski definition) is 1. The number of aromatic nitrogens is 2. The number of aryl methyl sites for hydroxylation is 1. The zero-order chi connectivity index (χ0) is 18.9. The number of nitrogens with one attached hydrogen (secondary N) is 1. The molecule has 0 aliphatic carbocycles. The van der Waals surface area contributed by atoms with Gasteiger partial charge in [0.05, 0.1) is 18.3 Å². The van der Waals surface area contributed by atoms with Crippen LogP contribution in [0.3, 0.4) is 0 Å². The molecule has 1 saturated heterocycles. The average molecular weight is 364 g/mol. The highest BCUT2D eigenvalue weighted by Gasteiger charge is 2.31. The third kappa shape index (κ3) is 4.17. The van der Waals surface area contributed by atoms with Gasteiger partial charge < -0.3 is 19.7 Å². The number of fused-ring (bicyclic) bond motifs is 1. The first-order valence-corrected chi connectivity index (χ1v) is 9.17. The molecule has 8 heteroatoms. The highest BCUT2D eigenvalue weighted by molar-refractivity contribution is 5.94. The SMILES string of the molecule is Cn1nc(C(=O)NCC2CCCO2)c2c1CN(C(=O)OC(C)(C)C)CC2. The molecule has 26 heavy (non-hydrogen) atoms. The Morgan fingerprint density at radius 1 is 1.38 bits per heavy atom. The summed E-state index contributed by atoms with van der Waals surface area (Å²) in [6, 6.07) is 0. The highest BCUT2D eigenvalue weighted by atomic mass is 16.6. The Balaban J connectivity index is 1.66. The zero-order valence-corrected chi connectivity index (χ0v) is 16.0. The van der Waals surface area contributed by atoms with Gasteiger partial charge in [0, 0.05) is 32.3 Å². The van der Waals surface area contributed by atoms with Gasteiger partial charge in [-0.3, -0.25) is 9.48 Å². The van der Waals surface area contributed by atoms with Gasteiger partial charge in [-0.2, -0.15) is 5.10 Å². The Kier molecular flexibility index (Phi) is 5.22. The third-order valence-electron chi connectivity index (χ3n) is 4.63. The fraction of sp³-hybridized carbons (Fsp3) is 0.722. The van der Waals surface area contributed by atoms with Crippen LogP contribution in [0.1, 0.15) is 55.4 Å². The van der Waals surface area contributed by atoms with Crippen LogP contribution in [0.4, 0.5) is 4.79 Å². The fourth-order valence-corrected chi connectivity index (χ4v) is 3.33. The molecule has 0 spiro atoms. The van der Waals surface area contributed by atoms with E-state index in [-0.39, 0.29) is 18.1 Å². The summed E-state index contributed by atoms with van der Waals surface area (Å²) < 4.78 is 12.7. The molecule has 0 saturated carbocycles. The van der Waals surface area contributed by atoms with Crippen LogP contribution in [0.5, 0.6) is 0 Å². The first kappa shape index (κ1) is 18.7. The van der Waals surface area contributed by atoms with Crippen molar-refractivity contribution in [3.63, 3.8) is 0 Å². The predicted octanol–water partition coefficient (Wildman–Crippen LogP) is 1.62. The molecule has 1 aromatic heterocycles. The minimum atomic E-state index is -0.531. The summed E-state index contributed by atoms with van der Waals surface area (Å²) in [5, 5.41) is 7.32. The van der Waals surface area contributed by atoms with E-state index in [1.165, 1.54) is 0 Å². The molecule has 2 aliphatic rings. The topological polar surface area (TPSA) is 85.7 Å². The van der Waals surface area contributed by atoms with Crippen molar-refractivity contribution in [3.05, 3.63) is 17.0 Å². The van der Waals surface area contributed by atoms with Crippen LogP contribution in [0.15, 0.2) is 0 Å². The summed E-state index contributed by atoms with van der Waals surface area (Å²) in [5.41, 5.74) is 1.71. The van der Waals surface area contributed by atoms with Crippen LogP contribution in [-0.4, -0.2) is 58.1 Å². The summed E-state index contributed by atoms with van der Waals surface area (Å²) >= 11 is 0. The van der Waals surface area contributed by atoms with Gasteiger partial charge in [0.25, 0.3) is 5.91 Å². The summed E-state index contributed by atoms with van der Waals surface area (Å²) in [6.07, 6.45) is 2.37. The van der Waals surface area contributed by atoms with E-state index in [1.807, 2.05) is 20.8 Å². The quantitative estimate of drug-likeness (QED) is 0.881. The molecule has 2 aliphatic heterocycles. The number of ether oxygens (including phenoxy) is 2. The van der Waals surface area contributed by atoms with Crippen molar-refractivity contribution in [2.75, 3.05) is 19.7 Å². The van der Waals surface area contributed by atoms with Crippen molar-refractivity contribution >= 4 is 12.0 Å². The minimum absolute atomic E-state index is 0.0983. The summed E-state index contributed by atoms with van der Waals surface area (Å²) in [5.74, 6) is -0.178. The molecule has 3 heterocycles. The monoisotopic (exact) mass is 364 g/mol. The van der Waals surface area contributed by atoms with E-state index in [1.54, 1.807) is 16.6 Å². The molecule has 1 fully saturated rings. The Morgan fingerprint density at radius 3 is 2.81 bits per heavy atom. The van der Waals surface area contributed by atoms with E-state index in [0.29, 0.717) is 31.7 Å². The molecule has 3 rings (SSSR count). The molecule has 0 radical (unpaired) electrons. The zero-order valence-electron chi connectivity index (χ0n) is 16.0. The van der Waals surface area contributed by atoms with E-state index in [9.17, 15) is 9.59 Å². The third-order valence-corrected chi connectivity index (χ3v) is 4.63. The van der Waals surface area contributed by atoms with E-state index in [4.69, 9.17) is 9.47 Å². The van der Waals surface area contributed by atoms with Crippen molar-refractivity contribution in [2.45, 2.75) is 58.3 Å². The van der Waals surface area contributed by atoms with Crippen LogP contribution < -0.4 is 5.32 Å². The second kappa shape index (κ2) is 7.26. The molecular formula is C18H28N4O4. The fourth-order valence-electron chi connectivity index (χ4n) is 3.33. The average Bonchev–Trinajstić information content (AvgIpc) is 3.19. The Bertz CT molecular complexity index is 686. The van der Waals surface area contributed by atoms with E-state index in [0.717, 1.165) is 30.7 Å². The minimum Gasteiger partial charge on any atom is -0.444 e. The Morgan fingerprint density at radius 2 is 2.15 bits per heavy atom. The van der Waals surface area contributed by atoms with Crippen LogP contribution in [0, 0.1) is 0 Å². The van der Waals surface area contributed by atoms with Crippen molar-refractivity contribution in [2.24, 2.45) is 7.05 Å². The summed E-state index contributed by atoms with van der Waals surface area (Å²) in [4.78, 5) is 26.5. The van der Waals surface area contributed by atoms with Gasteiger partial charge in [-0.25, -0.2) is 4.79 Å². The van der Waals surface area contributed by atoms with E-state index in [2.05, 4.69) is 10.4 Å². The van der Waals surface area contributed by atoms with Crippen molar-refractivity contribution in [1.29, 1.82) is 0 Å². The van der Waals surface area contributed by atoms with Crippen molar-refractivity contribution < 1.29 is 19.1 Å². The molecule has 144 valence electrons. The van der Waals surface area contributed by atoms with Gasteiger partial charge in [0.2, 0.25) is 0 Å². The number of amides is 2. The second-order valence-corrected chi connectivity index (χ2v) is 7.89. The first-order valence-electron chi connectivity index (χ1n) is 9.17. The largest absolute Gasteiger partial charge is 0.444 e. The summed E-state index contributed by atoms with van der Waals surface area (Å²) in [7, 11) is 1.80. The van der Waals surface area contributed by atoms with Crippen molar-refractivity contribution in [3.8, 4) is 0 Å². The molecule has 0 aromatic carbocycles. The molecular weight excluding hydrogens is 336 g/mol. The van der Waals surface area contributed by atoms with Gasteiger partial charge in [-0.05, 0) is 40.0 Å². The lowest BCUT2D eigenvalue weighted by Crippen LogP contribution is -2.40. The van der Waals surface area contributed by atoms with Gasteiger partial charge in [-0.15, -0.1) is 0 Å². The maximum Gasteiger partial charge on any atom is 0.410 e. The molecule has 0 bridgehead atoms. The maximum absolute atomic E-state index is 12.5. The van der Waals surface area contributed by atoms with Crippen LogP contribution in [0.25, 0.3) is 0 Å². The van der Waals surface area contributed by atoms with Crippen LogP contribution in [-0.2, 0) is 29.5 Å². The lowest BCUT2D eigenvalue weighted by Gasteiger charge is -2.30. The predicted molar refractivity (Wildman–Crippen MR) is 94.9 cm³/mol. The molecule has 1 unspecified atom stereocenters. The Labute approximate surface area is 153 Å². The number of carbonyl (C=O) groups is 2. The van der Waals surface area contributed by atoms with Gasteiger partial charge in [0.1, 0.15) is 5.60 Å². The molecule has 2 amide bonds. The van der Waals surface area contributed by atoms with E-state index < -0.39 is 5.60 Å². The second-order valence-electron chi connectivity index (χ2n) is 7.89. The number of carbonyl (C=O) groups excluding carboxylic acids is 2. The molecule has 1 aromatic rings. The molecule has 8 nitrogen and oxygen atoms in total. The normalized spacial score (nSPS) is 20.0. The standard InChI is InChI=1S/C18H28N4O4/c1-18(2,3)26-17(24)22-8-7-13-14(11-22)21(4)20-15(13)16(23)19-10-12-6-5-9-25-12/h12H,5-11H2,1-4H3,(H,19,23). The number of nitrogens with zero attached hydrogens (tertiary/aromatic N) is 3. The molecule has 1 atom stereocenters. The van der Waals surface area contributed by atoms with Crippen LogP contribution in [0.2, 0.25) is 0 Å². The van der Waals surface area contributed by atoms with E-state index >= 15 is 0 Å². The van der Waals surface area contributed by atoms with Gasteiger partial charge in [-0.1, -0.05) is 0 Å². The molecule has 1 N–H and O–H groups in total. The maximum atomic E-state index is 12.5. The van der Waals surface area contributed by atoms with Crippen molar-refractivity contribution in [1.82, 2.24) is 20.0 Å². The van der Waals surface area contributed by atoms with Gasteiger partial charge in [0.15, 0.2) is 5.69 Å². The van der Waals surface area contributed by atoms with Crippen LogP contribution >= 0.6 is 0 Å². The number of hydrogen-bond acceptors (Lipinski definition) is 5. The smallest absolute Gasteiger partial charge is 0.410 e. The summed E-state index contributed by atoms with van der Waals surface area (Å²) in [6.45, 7) is 7.73. The number of rotatable bonds is 3. The highest BCUT2D eigenvalue weighted by Crippen LogP contribution is 2.23. The van der Waals surface area contributed by atoms with Gasteiger partial charge >= 0.3 is 6.09 Å². The Hall–Kier alpha value is -2.09. The lowest BCUT2D eigenvalue weighted by atomic mass is 10.0. The first-order chi connectivity index (χ1) is 12.2. The lowest BCUT2D eigenvalue weighted by molar-refractivity contribution is 0.0219.